The minimum Gasteiger partial charge on any atom is -0.349 e. The van der Waals surface area contributed by atoms with Crippen molar-refractivity contribution in [2.45, 2.75) is 38.0 Å². The van der Waals surface area contributed by atoms with Gasteiger partial charge in [-0.05, 0) is 60.6 Å². The second-order valence-electron chi connectivity index (χ2n) is 6.29. The third-order valence-electron chi connectivity index (χ3n) is 4.42. The molecule has 0 aromatic heterocycles. The van der Waals surface area contributed by atoms with Crippen molar-refractivity contribution in [3.05, 3.63) is 70.5 Å². The first-order chi connectivity index (χ1) is 11.6. The maximum Gasteiger partial charge on any atom is 0.230 e. The fraction of sp³-hybridized carbons (Fsp3) is 0.350. The fourth-order valence-electron chi connectivity index (χ4n) is 3.07. The molecule has 126 valence electrons. The summed E-state index contributed by atoms with van der Waals surface area (Å²) in [4.78, 5) is 12.1. The average Bonchev–Trinajstić information content (AvgIpc) is 3.04. The Morgan fingerprint density at radius 3 is 2.71 bits per heavy atom. The molecule has 2 aromatic rings. The van der Waals surface area contributed by atoms with E-state index in [2.05, 4.69) is 23.5 Å². The van der Waals surface area contributed by atoms with E-state index < -0.39 is 0 Å². The molecule has 0 heterocycles. The van der Waals surface area contributed by atoms with Crippen LogP contribution in [0.3, 0.4) is 0 Å². The quantitative estimate of drug-likeness (QED) is 0.841. The number of aryl methyl sites for hydroxylation is 2. The second-order valence-corrected chi connectivity index (χ2v) is 7.28. The molecule has 0 unspecified atom stereocenters. The van der Waals surface area contributed by atoms with Gasteiger partial charge in [0.2, 0.25) is 5.91 Å². The van der Waals surface area contributed by atoms with Crippen LogP contribution in [-0.2, 0) is 23.4 Å². The van der Waals surface area contributed by atoms with Gasteiger partial charge in [-0.2, -0.15) is 0 Å². The van der Waals surface area contributed by atoms with Gasteiger partial charge in [-0.15, -0.1) is 11.8 Å². The molecule has 3 rings (SSSR count). The fourth-order valence-corrected chi connectivity index (χ4v) is 3.87. The molecule has 1 N–H and O–H groups in total. The van der Waals surface area contributed by atoms with Crippen LogP contribution >= 0.6 is 11.8 Å². The lowest BCUT2D eigenvalue weighted by Gasteiger charge is -2.15. The summed E-state index contributed by atoms with van der Waals surface area (Å²) in [6.07, 6.45) is 3.56. The Morgan fingerprint density at radius 2 is 1.92 bits per heavy atom. The maximum absolute atomic E-state index is 12.9. The summed E-state index contributed by atoms with van der Waals surface area (Å²) in [6, 6.07) is 13.0. The summed E-state index contributed by atoms with van der Waals surface area (Å²) < 4.78 is 12.9. The lowest BCUT2D eigenvalue weighted by molar-refractivity contribution is -0.119. The van der Waals surface area contributed by atoms with E-state index in [0.29, 0.717) is 11.5 Å². The lowest BCUT2D eigenvalue weighted by atomic mass is 10.0. The van der Waals surface area contributed by atoms with Gasteiger partial charge in [0.15, 0.2) is 0 Å². The van der Waals surface area contributed by atoms with E-state index in [-0.39, 0.29) is 17.8 Å². The minimum absolute atomic E-state index is 0.0230. The van der Waals surface area contributed by atoms with E-state index in [1.165, 1.54) is 41.7 Å². The molecule has 0 aliphatic heterocycles. The van der Waals surface area contributed by atoms with Crippen molar-refractivity contribution in [2.75, 3.05) is 5.75 Å². The van der Waals surface area contributed by atoms with Crippen LogP contribution in [0, 0.1) is 5.82 Å². The van der Waals surface area contributed by atoms with Gasteiger partial charge in [0, 0.05) is 5.75 Å². The highest BCUT2D eigenvalue weighted by molar-refractivity contribution is 7.99. The highest BCUT2D eigenvalue weighted by Gasteiger charge is 2.14. The average molecular weight is 343 g/mol. The Balaban J connectivity index is 1.46. The number of fused-ring (bicyclic) bond motifs is 1. The first kappa shape index (κ1) is 17.0. The van der Waals surface area contributed by atoms with Crippen molar-refractivity contribution in [1.29, 1.82) is 0 Å². The molecule has 0 saturated carbocycles. The molecular formula is C20H22FNOS. The van der Waals surface area contributed by atoms with Crippen molar-refractivity contribution in [3.8, 4) is 0 Å². The van der Waals surface area contributed by atoms with Crippen LogP contribution in [-0.4, -0.2) is 11.7 Å². The van der Waals surface area contributed by atoms with Crippen LogP contribution in [0.4, 0.5) is 4.39 Å². The molecule has 2 aromatic carbocycles. The Bertz CT molecular complexity index is 714. The largest absolute Gasteiger partial charge is 0.349 e. The number of halogens is 1. The predicted molar refractivity (Wildman–Crippen MR) is 97.6 cm³/mol. The molecule has 1 amide bonds. The molecule has 1 atom stereocenters. The molecule has 0 fully saturated rings. The lowest BCUT2D eigenvalue weighted by Crippen LogP contribution is -2.28. The Morgan fingerprint density at radius 1 is 1.17 bits per heavy atom. The third-order valence-corrected chi connectivity index (χ3v) is 5.42. The summed E-state index contributed by atoms with van der Waals surface area (Å²) in [6.45, 7) is 2.03. The monoisotopic (exact) mass is 343 g/mol. The van der Waals surface area contributed by atoms with E-state index >= 15 is 0 Å². The summed E-state index contributed by atoms with van der Waals surface area (Å²) in [5.41, 5.74) is 5.08. The van der Waals surface area contributed by atoms with Crippen molar-refractivity contribution < 1.29 is 9.18 Å². The molecule has 24 heavy (non-hydrogen) atoms. The summed E-state index contributed by atoms with van der Waals surface area (Å²) in [5.74, 6) is 0.924. The topological polar surface area (TPSA) is 29.1 Å². The van der Waals surface area contributed by atoms with Gasteiger partial charge < -0.3 is 5.32 Å². The smallest absolute Gasteiger partial charge is 0.230 e. The van der Waals surface area contributed by atoms with Gasteiger partial charge in [-0.1, -0.05) is 30.3 Å². The molecular weight excluding hydrogens is 321 g/mol. The van der Waals surface area contributed by atoms with Crippen LogP contribution in [0.5, 0.6) is 0 Å². The van der Waals surface area contributed by atoms with Crippen molar-refractivity contribution in [2.24, 2.45) is 0 Å². The zero-order chi connectivity index (χ0) is 16.9. The molecule has 4 heteroatoms. The zero-order valence-electron chi connectivity index (χ0n) is 13.8. The van der Waals surface area contributed by atoms with Crippen molar-refractivity contribution in [3.63, 3.8) is 0 Å². The molecule has 1 aliphatic rings. The Kier molecular flexibility index (Phi) is 5.56. The van der Waals surface area contributed by atoms with Gasteiger partial charge >= 0.3 is 0 Å². The van der Waals surface area contributed by atoms with Crippen molar-refractivity contribution >= 4 is 17.7 Å². The first-order valence-corrected chi connectivity index (χ1v) is 9.50. The second kappa shape index (κ2) is 7.84. The number of rotatable bonds is 6. The van der Waals surface area contributed by atoms with E-state index in [1.54, 1.807) is 23.9 Å². The standard InChI is InChI=1S/C20H22FNOS/c1-14(17-8-7-16-3-2-4-18(16)11-17)22-20(23)13-24-12-15-5-9-19(21)10-6-15/h5-11,14H,2-4,12-13H2,1H3,(H,22,23)/t14-/m0/s1. The Labute approximate surface area is 146 Å². The van der Waals surface area contributed by atoms with Crippen LogP contribution in [0.2, 0.25) is 0 Å². The molecule has 0 spiro atoms. The van der Waals surface area contributed by atoms with Gasteiger partial charge in [0.05, 0.1) is 11.8 Å². The van der Waals surface area contributed by atoms with Gasteiger partial charge in [-0.3, -0.25) is 4.79 Å². The minimum atomic E-state index is -0.232. The predicted octanol–water partition coefficient (Wildman–Crippen LogP) is 4.43. The molecule has 0 bridgehead atoms. The molecule has 1 aliphatic carbocycles. The Hall–Kier alpha value is -1.81. The molecule has 2 nitrogen and oxygen atoms in total. The van der Waals surface area contributed by atoms with E-state index in [0.717, 1.165) is 12.0 Å². The van der Waals surface area contributed by atoms with E-state index in [1.807, 2.05) is 6.92 Å². The van der Waals surface area contributed by atoms with Gasteiger partial charge in [0.25, 0.3) is 0 Å². The van der Waals surface area contributed by atoms with Crippen LogP contribution < -0.4 is 5.32 Å². The highest BCUT2D eigenvalue weighted by Crippen LogP contribution is 2.25. The van der Waals surface area contributed by atoms with Crippen LogP contribution in [0.1, 0.15) is 41.6 Å². The summed E-state index contributed by atoms with van der Waals surface area (Å²) >= 11 is 1.54. The normalized spacial score (nSPS) is 14.2. The summed E-state index contributed by atoms with van der Waals surface area (Å²) in [5, 5.41) is 3.06. The third kappa shape index (κ3) is 4.38. The highest BCUT2D eigenvalue weighted by atomic mass is 32.2. The molecule has 0 saturated heterocycles. The summed E-state index contributed by atoms with van der Waals surface area (Å²) in [7, 11) is 0. The molecule has 0 radical (unpaired) electrons. The van der Waals surface area contributed by atoms with E-state index in [9.17, 15) is 9.18 Å². The van der Waals surface area contributed by atoms with Gasteiger partial charge in [0.1, 0.15) is 5.82 Å². The number of hydrogen-bond acceptors (Lipinski definition) is 2. The number of nitrogens with one attached hydrogen (secondary N) is 1. The number of hydrogen-bond donors (Lipinski definition) is 1. The van der Waals surface area contributed by atoms with Crippen LogP contribution in [0.25, 0.3) is 0 Å². The van der Waals surface area contributed by atoms with Crippen LogP contribution in [0.15, 0.2) is 42.5 Å². The SMILES string of the molecule is C[C@H](NC(=O)CSCc1ccc(F)cc1)c1ccc2c(c1)CCC2. The number of thioether (sulfide) groups is 1. The van der Waals surface area contributed by atoms with Crippen molar-refractivity contribution in [1.82, 2.24) is 5.32 Å². The maximum atomic E-state index is 12.9. The zero-order valence-corrected chi connectivity index (χ0v) is 14.7. The number of benzene rings is 2. The first-order valence-electron chi connectivity index (χ1n) is 8.35. The number of carbonyl (C=O) groups is 1. The van der Waals surface area contributed by atoms with E-state index in [4.69, 9.17) is 0 Å². The number of amides is 1. The van der Waals surface area contributed by atoms with Gasteiger partial charge in [-0.25, -0.2) is 4.39 Å². The number of carbonyl (C=O) groups excluding carboxylic acids is 1.